The van der Waals surface area contributed by atoms with Crippen LogP contribution in [0.15, 0.2) is 12.7 Å². The van der Waals surface area contributed by atoms with Gasteiger partial charge >= 0.3 is 0 Å². The summed E-state index contributed by atoms with van der Waals surface area (Å²) >= 11 is 0. The van der Waals surface area contributed by atoms with Gasteiger partial charge in [-0.25, -0.2) is 13.1 Å². The van der Waals surface area contributed by atoms with Crippen molar-refractivity contribution in [3.8, 4) is 0 Å². The van der Waals surface area contributed by atoms with Crippen LogP contribution in [0.3, 0.4) is 0 Å². The van der Waals surface area contributed by atoms with Crippen LogP contribution in [0.4, 0.5) is 0 Å². The largest absolute Gasteiger partial charge is 0.314 e. The van der Waals surface area contributed by atoms with E-state index in [-0.39, 0.29) is 5.75 Å². The molecule has 0 saturated carbocycles. The standard InChI is InChI=1S/C10H22N2O2S/c1-4-5-8-12-15(13,14)9-6-7-11-10(2)3/h4,10-12H,1,5-9H2,2-3H3. The zero-order valence-electron chi connectivity index (χ0n) is 9.62. The van der Waals surface area contributed by atoms with Crippen LogP contribution in [0.25, 0.3) is 0 Å². The first-order chi connectivity index (χ1) is 6.98. The van der Waals surface area contributed by atoms with Gasteiger partial charge in [-0.05, 0) is 19.4 Å². The van der Waals surface area contributed by atoms with Gasteiger partial charge in [0.15, 0.2) is 0 Å². The Labute approximate surface area is 93.2 Å². The first-order valence-electron chi connectivity index (χ1n) is 5.29. The Hall–Kier alpha value is -0.390. The minimum absolute atomic E-state index is 0.184. The van der Waals surface area contributed by atoms with E-state index in [4.69, 9.17) is 0 Å². The lowest BCUT2D eigenvalue weighted by Gasteiger charge is -2.08. The topological polar surface area (TPSA) is 58.2 Å². The van der Waals surface area contributed by atoms with Gasteiger partial charge in [0.2, 0.25) is 10.0 Å². The molecule has 0 fully saturated rings. The van der Waals surface area contributed by atoms with Gasteiger partial charge in [0, 0.05) is 12.6 Å². The van der Waals surface area contributed by atoms with Crippen molar-refractivity contribution in [2.75, 3.05) is 18.8 Å². The molecule has 5 heteroatoms. The molecule has 0 heterocycles. The summed E-state index contributed by atoms with van der Waals surface area (Å²) in [6.07, 6.45) is 3.01. The molecule has 0 aliphatic heterocycles. The summed E-state index contributed by atoms with van der Waals surface area (Å²) < 4.78 is 25.3. The first kappa shape index (κ1) is 14.6. The van der Waals surface area contributed by atoms with Crippen molar-refractivity contribution in [1.29, 1.82) is 0 Å². The fraction of sp³-hybridized carbons (Fsp3) is 0.800. The lowest BCUT2D eigenvalue weighted by atomic mass is 10.4. The van der Waals surface area contributed by atoms with E-state index >= 15 is 0 Å². The quantitative estimate of drug-likeness (QED) is 0.460. The Balaban J connectivity index is 3.60. The van der Waals surface area contributed by atoms with Gasteiger partial charge < -0.3 is 5.32 Å². The van der Waals surface area contributed by atoms with E-state index in [0.717, 1.165) is 6.54 Å². The SMILES string of the molecule is C=CCCNS(=O)(=O)CCCNC(C)C. The smallest absolute Gasteiger partial charge is 0.211 e. The van der Waals surface area contributed by atoms with Crippen LogP contribution in [-0.4, -0.2) is 33.3 Å². The third kappa shape index (κ3) is 9.90. The molecule has 0 bridgehead atoms. The zero-order valence-corrected chi connectivity index (χ0v) is 10.4. The maximum Gasteiger partial charge on any atom is 0.211 e. The van der Waals surface area contributed by atoms with Gasteiger partial charge in [0.1, 0.15) is 0 Å². The van der Waals surface area contributed by atoms with Crippen LogP contribution in [0.5, 0.6) is 0 Å². The second-order valence-corrected chi connectivity index (χ2v) is 5.68. The molecule has 0 aliphatic rings. The number of rotatable bonds is 9. The number of nitrogens with one attached hydrogen (secondary N) is 2. The van der Waals surface area contributed by atoms with Gasteiger partial charge in [-0.1, -0.05) is 19.9 Å². The Morgan fingerprint density at radius 3 is 2.53 bits per heavy atom. The van der Waals surface area contributed by atoms with Crippen molar-refractivity contribution in [2.45, 2.75) is 32.7 Å². The van der Waals surface area contributed by atoms with Crippen LogP contribution in [0, 0.1) is 0 Å². The zero-order chi connectivity index (χ0) is 11.7. The third-order valence-corrected chi connectivity index (χ3v) is 3.28. The van der Waals surface area contributed by atoms with Crippen LogP contribution in [0.1, 0.15) is 26.7 Å². The molecule has 15 heavy (non-hydrogen) atoms. The molecule has 0 saturated heterocycles. The molecule has 0 aromatic carbocycles. The summed E-state index contributed by atoms with van der Waals surface area (Å²) in [4.78, 5) is 0. The fourth-order valence-electron chi connectivity index (χ4n) is 1.04. The molecule has 0 radical (unpaired) electrons. The average molecular weight is 234 g/mol. The van der Waals surface area contributed by atoms with E-state index in [1.807, 2.05) is 13.8 Å². The summed E-state index contributed by atoms with van der Waals surface area (Å²) in [7, 11) is -3.09. The highest BCUT2D eigenvalue weighted by molar-refractivity contribution is 7.89. The minimum Gasteiger partial charge on any atom is -0.314 e. The number of sulfonamides is 1. The van der Waals surface area contributed by atoms with Crippen molar-refractivity contribution >= 4 is 10.0 Å². The molecular formula is C10H22N2O2S. The van der Waals surface area contributed by atoms with Gasteiger partial charge in [0.25, 0.3) is 0 Å². The van der Waals surface area contributed by atoms with Gasteiger partial charge in [0.05, 0.1) is 5.75 Å². The normalized spacial score (nSPS) is 11.9. The summed E-state index contributed by atoms with van der Waals surface area (Å²) in [5, 5.41) is 3.18. The van der Waals surface area contributed by atoms with Crippen molar-refractivity contribution in [3.05, 3.63) is 12.7 Å². The summed E-state index contributed by atoms with van der Waals surface area (Å²) in [5.41, 5.74) is 0. The minimum atomic E-state index is -3.09. The highest BCUT2D eigenvalue weighted by Gasteiger charge is 2.07. The Bertz CT molecular complexity index is 261. The predicted octanol–water partition coefficient (Wildman–Crippen LogP) is 0.870. The highest BCUT2D eigenvalue weighted by atomic mass is 32.2. The van der Waals surface area contributed by atoms with Crippen molar-refractivity contribution in [2.24, 2.45) is 0 Å². The Morgan fingerprint density at radius 1 is 1.33 bits per heavy atom. The first-order valence-corrected chi connectivity index (χ1v) is 6.95. The molecule has 90 valence electrons. The van der Waals surface area contributed by atoms with E-state index in [1.54, 1.807) is 6.08 Å². The van der Waals surface area contributed by atoms with Crippen molar-refractivity contribution in [3.63, 3.8) is 0 Å². The predicted molar refractivity (Wildman–Crippen MR) is 64.4 cm³/mol. The molecular weight excluding hydrogens is 212 g/mol. The van der Waals surface area contributed by atoms with E-state index in [2.05, 4.69) is 16.6 Å². The third-order valence-electron chi connectivity index (χ3n) is 1.81. The summed E-state index contributed by atoms with van der Waals surface area (Å²) in [5.74, 6) is 0.184. The van der Waals surface area contributed by atoms with Crippen LogP contribution < -0.4 is 10.0 Å². The maximum atomic E-state index is 11.4. The van der Waals surface area contributed by atoms with Gasteiger partial charge in [-0.15, -0.1) is 6.58 Å². The second kappa shape index (κ2) is 7.84. The lowest BCUT2D eigenvalue weighted by molar-refractivity contribution is 0.561. The molecule has 0 atom stereocenters. The van der Waals surface area contributed by atoms with E-state index in [9.17, 15) is 8.42 Å². The summed E-state index contributed by atoms with van der Waals surface area (Å²) in [6.45, 7) is 8.79. The second-order valence-electron chi connectivity index (χ2n) is 3.75. The molecule has 0 aromatic heterocycles. The fourth-order valence-corrected chi connectivity index (χ4v) is 2.14. The van der Waals surface area contributed by atoms with Crippen molar-refractivity contribution < 1.29 is 8.42 Å². The Kier molecular flexibility index (Phi) is 7.64. The van der Waals surface area contributed by atoms with Crippen LogP contribution in [0.2, 0.25) is 0 Å². The molecule has 0 spiro atoms. The van der Waals surface area contributed by atoms with Crippen LogP contribution >= 0.6 is 0 Å². The van der Waals surface area contributed by atoms with E-state index < -0.39 is 10.0 Å². The lowest BCUT2D eigenvalue weighted by Crippen LogP contribution is -2.30. The van der Waals surface area contributed by atoms with E-state index in [0.29, 0.717) is 25.4 Å². The Morgan fingerprint density at radius 2 is 2.00 bits per heavy atom. The number of hydrogen-bond acceptors (Lipinski definition) is 3. The maximum absolute atomic E-state index is 11.4. The number of hydrogen-bond donors (Lipinski definition) is 2. The average Bonchev–Trinajstić information content (AvgIpc) is 2.13. The molecule has 0 unspecified atom stereocenters. The molecule has 2 N–H and O–H groups in total. The molecule has 4 nitrogen and oxygen atoms in total. The molecule has 0 aromatic rings. The van der Waals surface area contributed by atoms with Crippen molar-refractivity contribution in [1.82, 2.24) is 10.0 Å². The molecule has 0 aliphatic carbocycles. The van der Waals surface area contributed by atoms with E-state index in [1.165, 1.54) is 0 Å². The van der Waals surface area contributed by atoms with Gasteiger partial charge in [-0.2, -0.15) is 0 Å². The summed E-state index contributed by atoms with van der Waals surface area (Å²) in [6, 6.07) is 0.404. The molecule has 0 amide bonds. The monoisotopic (exact) mass is 234 g/mol. The van der Waals surface area contributed by atoms with Crippen LogP contribution in [-0.2, 0) is 10.0 Å². The van der Waals surface area contributed by atoms with Gasteiger partial charge in [-0.3, -0.25) is 0 Å². The highest BCUT2D eigenvalue weighted by Crippen LogP contribution is 1.90. The molecule has 0 rings (SSSR count).